The third-order valence-corrected chi connectivity index (χ3v) is 4.68. The molecule has 27 heavy (non-hydrogen) atoms. The fraction of sp³-hybridized carbons (Fsp3) is 0.318. The molecule has 0 aliphatic rings. The standard InChI is InChI=1S/C22H27N5/c1-4-18-13-10-14-19(5-2)21(18)24-20-15-23-26-22(25-20)27(6-3)16-17-11-8-7-9-12-17/h7-15H,4-6,16H2,1-3H3,(H,24,25,26). The van der Waals surface area contributed by atoms with Gasteiger partial charge in [0.05, 0.1) is 6.20 Å². The molecule has 3 aromatic rings. The van der Waals surface area contributed by atoms with Crippen LogP contribution in [0.4, 0.5) is 17.5 Å². The van der Waals surface area contributed by atoms with Gasteiger partial charge in [0.2, 0.25) is 5.95 Å². The third-order valence-electron chi connectivity index (χ3n) is 4.68. The number of aromatic nitrogens is 3. The predicted molar refractivity (Wildman–Crippen MR) is 111 cm³/mol. The van der Waals surface area contributed by atoms with Crippen LogP contribution in [0.5, 0.6) is 0 Å². The Bertz CT molecular complexity index is 841. The lowest BCUT2D eigenvalue weighted by molar-refractivity contribution is 0.771. The average Bonchev–Trinajstić information content (AvgIpc) is 2.73. The van der Waals surface area contributed by atoms with Crippen molar-refractivity contribution in [3.05, 3.63) is 71.4 Å². The van der Waals surface area contributed by atoms with Gasteiger partial charge in [-0.1, -0.05) is 62.4 Å². The van der Waals surface area contributed by atoms with Gasteiger partial charge in [-0.15, -0.1) is 5.10 Å². The summed E-state index contributed by atoms with van der Waals surface area (Å²) in [5.41, 5.74) is 4.93. The van der Waals surface area contributed by atoms with Crippen molar-refractivity contribution in [2.24, 2.45) is 0 Å². The minimum Gasteiger partial charge on any atom is -0.338 e. The van der Waals surface area contributed by atoms with Gasteiger partial charge in [-0.05, 0) is 36.5 Å². The van der Waals surface area contributed by atoms with Crippen LogP contribution in [0, 0.1) is 0 Å². The summed E-state index contributed by atoms with van der Waals surface area (Å²) in [5.74, 6) is 1.36. The molecule has 1 aromatic heterocycles. The first-order valence-electron chi connectivity index (χ1n) is 9.61. The quantitative estimate of drug-likeness (QED) is 0.626. The fourth-order valence-corrected chi connectivity index (χ4v) is 3.15. The molecular formula is C22H27N5. The summed E-state index contributed by atoms with van der Waals surface area (Å²) in [6, 6.07) is 16.8. The van der Waals surface area contributed by atoms with E-state index in [9.17, 15) is 0 Å². The van der Waals surface area contributed by atoms with Crippen molar-refractivity contribution in [1.29, 1.82) is 0 Å². The molecule has 0 saturated heterocycles. The van der Waals surface area contributed by atoms with E-state index in [1.807, 2.05) is 18.2 Å². The lowest BCUT2D eigenvalue weighted by Gasteiger charge is -2.21. The minimum atomic E-state index is 0.637. The van der Waals surface area contributed by atoms with E-state index in [1.165, 1.54) is 16.7 Å². The van der Waals surface area contributed by atoms with Gasteiger partial charge in [0.15, 0.2) is 5.82 Å². The van der Waals surface area contributed by atoms with Gasteiger partial charge in [0.25, 0.3) is 0 Å². The number of nitrogens with zero attached hydrogens (tertiary/aromatic N) is 4. The second kappa shape index (κ2) is 9.12. The van der Waals surface area contributed by atoms with E-state index in [1.54, 1.807) is 6.20 Å². The zero-order valence-electron chi connectivity index (χ0n) is 16.3. The van der Waals surface area contributed by atoms with Gasteiger partial charge >= 0.3 is 0 Å². The van der Waals surface area contributed by atoms with Gasteiger partial charge in [0.1, 0.15) is 0 Å². The van der Waals surface area contributed by atoms with Gasteiger partial charge in [-0.3, -0.25) is 0 Å². The summed E-state index contributed by atoms with van der Waals surface area (Å²) in [5, 5.41) is 11.9. The second-order valence-electron chi connectivity index (χ2n) is 6.42. The van der Waals surface area contributed by atoms with Crippen LogP contribution < -0.4 is 10.2 Å². The van der Waals surface area contributed by atoms with Crippen LogP contribution >= 0.6 is 0 Å². The maximum Gasteiger partial charge on any atom is 0.247 e. The maximum atomic E-state index is 4.73. The highest BCUT2D eigenvalue weighted by Gasteiger charge is 2.12. The molecule has 1 N–H and O–H groups in total. The van der Waals surface area contributed by atoms with E-state index in [0.29, 0.717) is 5.95 Å². The summed E-state index contributed by atoms with van der Waals surface area (Å²) in [4.78, 5) is 6.85. The van der Waals surface area contributed by atoms with Crippen molar-refractivity contribution in [1.82, 2.24) is 15.2 Å². The Kier molecular flexibility index (Phi) is 6.36. The van der Waals surface area contributed by atoms with Crippen LogP contribution in [-0.2, 0) is 19.4 Å². The molecule has 5 nitrogen and oxygen atoms in total. The first kappa shape index (κ1) is 18.8. The van der Waals surface area contributed by atoms with Crippen LogP contribution in [0.2, 0.25) is 0 Å². The van der Waals surface area contributed by atoms with Crippen LogP contribution in [0.25, 0.3) is 0 Å². The van der Waals surface area contributed by atoms with Gasteiger partial charge in [-0.25, -0.2) is 0 Å². The first-order valence-corrected chi connectivity index (χ1v) is 9.61. The van der Waals surface area contributed by atoms with Crippen LogP contribution in [0.3, 0.4) is 0 Å². The molecule has 0 bridgehead atoms. The molecule has 0 unspecified atom stereocenters. The minimum absolute atomic E-state index is 0.637. The lowest BCUT2D eigenvalue weighted by atomic mass is 10.0. The summed E-state index contributed by atoms with van der Waals surface area (Å²) >= 11 is 0. The van der Waals surface area contributed by atoms with Crippen molar-refractivity contribution in [2.75, 3.05) is 16.8 Å². The third kappa shape index (κ3) is 4.61. The highest BCUT2D eigenvalue weighted by atomic mass is 15.3. The van der Waals surface area contributed by atoms with Gasteiger partial charge < -0.3 is 10.2 Å². The summed E-state index contributed by atoms with van der Waals surface area (Å²) in [7, 11) is 0. The highest BCUT2D eigenvalue weighted by molar-refractivity contribution is 5.65. The first-order chi connectivity index (χ1) is 13.2. The van der Waals surface area contributed by atoms with Crippen LogP contribution in [0.15, 0.2) is 54.7 Å². The SMILES string of the molecule is CCc1cccc(CC)c1Nc1cnnc(N(CC)Cc2ccccc2)n1. The molecule has 0 amide bonds. The smallest absolute Gasteiger partial charge is 0.247 e. The molecule has 0 fully saturated rings. The Morgan fingerprint density at radius 3 is 2.22 bits per heavy atom. The number of aryl methyl sites for hydroxylation is 2. The van der Waals surface area contributed by atoms with Crippen molar-refractivity contribution in [3.8, 4) is 0 Å². The van der Waals surface area contributed by atoms with E-state index >= 15 is 0 Å². The number of nitrogens with one attached hydrogen (secondary N) is 1. The largest absolute Gasteiger partial charge is 0.338 e. The Hall–Kier alpha value is -2.95. The summed E-state index contributed by atoms with van der Waals surface area (Å²) in [6.07, 6.45) is 3.62. The molecule has 0 aliphatic heterocycles. The van der Waals surface area contributed by atoms with E-state index in [0.717, 1.165) is 37.4 Å². The second-order valence-corrected chi connectivity index (χ2v) is 6.42. The normalized spacial score (nSPS) is 10.6. The van der Waals surface area contributed by atoms with Crippen molar-refractivity contribution in [3.63, 3.8) is 0 Å². The Labute approximate surface area is 161 Å². The van der Waals surface area contributed by atoms with E-state index in [-0.39, 0.29) is 0 Å². The molecule has 0 saturated carbocycles. The Morgan fingerprint density at radius 1 is 0.889 bits per heavy atom. The average molecular weight is 361 g/mol. The predicted octanol–water partition coefficient (Wildman–Crippen LogP) is 4.77. The summed E-state index contributed by atoms with van der Waals surface area (Å²) in [6.45, 7) is 8.01. The number of para-hydroxylation sites is 1. The number of rotatable bonds is 8. The van der Waals surface area contributed by atoms with Crippen LogP contribution in [-0.4, -0.2) is 21.7 Å². The van der Waals surface area contributed by atoms with Crippen molar-refractivity contribution >= 4 is 17.5 Å². The molecule has 0 atom stereocenters. The number of anilines is 3. The fourth-order valence-electron chi connectivity index (χ4n) is 3.15. The zero-order chi connectivity index (χ0) is 19.1. The molecule has 0 radical (unpaired) electrons. The Morgan fingerprint density at radius 2 is 1.59 bits per heavy atom. The van der Waals surface area contributed by atoms with Crippen molar-refractivity contribution in [2.45, 2.75) is 40.2 Å². The number of benzene rings is 2. The maximum absolute atomic E-state index is 4.73. The number of hydrogen-bond donors (Lipinski definition) is 1. The van der Waals surface area contributed by atoms with Crippen molar-refractivity contribution < 1.29 is 0 Å². The molecule has 0 aliphatic carbocycles. The molecular weight excluding hydrogens is 334 g/mol. The summed E-state index contributed by atoms with van der Waals surface area (Å²) < 4.78 is 0. The molecule has 2 aromatic carbocycles. The topological polar surface area (TPSA) is 53.9 Å². The molecule has 0 spiro atoms. The molecule has 140 valence electrons. The molecule has 1 heterocycles. The molecule has 5 heteroatoms. The number of hydrogen-bond acceptors (Lipinski definition) is 5. The van der Waals surface area contributed by atoms with Crippen LogP contribution in [0.1, 0.15) is 37.5 Å². The molecule has 3 rings (SSSR count). The lowest BCUT2D eigenvalue weighted by Crippen LogP contribution is -2.24. The van der Waals surface area contributed by atoms with E-state index in [4.69, 9.17) is 4.98 Å². The van der Waals surface area contributed by atoms with Gasteiger partial charge in [0, 0.05) is 18.8 Å². The Balaban J connectivity index is 1.85. The zero-order valence-corrected chi connectivity index (χ0v) is 16.3. The monoisotopic (exact) mass is 361 g/mol. The van der Waals surface area contributed by atoms with E-state index in [2.05, 4.69) is 71.5 Å². The van der Waals surface area contributed by atoms with Gasteiger partial charge in [-0.2, -0.15) is 10.1 Å². The highest BCUT2D eigenvalue weighted by Crippen LogP contribution is 2.26. The van der Waals surface area contributed by atoms with E-state index < -0.39 is 0 Å².